The van der Waals surface area contributed by atoms with Crippen LogP contribution in [0.3, 0.4) is 0 Å². The molecule has 27 heavy (non-hydrogen) atoms. The zero-order valence-corrected chi connectivity index (χ0v) is 16.5. The van der Waals surface area contributed by atoms with Crippen molar-refractivity contribution < 1.29 is 9.53 Å². The van der Waals surface area contributed by atoms with Crippen molar-refractivity contribution in [2.24, 2.45) is 5.92 Å². The molecule has 3 aliphatic rings. The third kappa shape index (κ3) is 3.83. The zero-order valence-electron chi connectivity index (χ0n) is 16.5. The average Bonchev–Trinajstić information content (AvgIpc) is 2.61. The van der Waals surface area contributed by atoms with E-state index in [1.54, 1.807) is 6.07 Å². The van der Waals surface area contributed by atoms with Crippen LogP contribution in [0.5, 0.6) is 0 Å². The number of nitrogens with one attached hydrogen (secondary N) is 1. The van der Waals surface area contributed by atoms with Crippen LogP contribution in [0.25, 0.3) is 0 Å². The predicted octanol–water partition coefficient (Wildman–Crippen LogP) is 1.61. The fraction of sp³-hybridized carbons (Fsp3) is 0.700. The van der Waals surface area contributed by atoms with Crippen LogP contribution >= 0.6 is 0 Å². The Kier molecular flexibility index (Phi) is 4.66. The summed E-state index contributed by atoms with van der Waals surface area (Å²) in [6.07, 6.45) is 0.787. The van der Waals surface area contributed by atoms with Crippen LogP contribution in [0.2, 0.25) is 0 Å². The number of anilines is 1. The number of ether oxygens (including phenoxy) is 1. The van der Waals surface area contributed by atoms with Gasteiger partial charge in [-0.05, 0) is 39.2 Å². The Hall–Kier alpha value is -2.02. The zero-order chi connectivity index (χ0) is 19.2. The van der Waals surface area contributed by atoms with E-state index in [-0.39, 0.29) is 17.6 Å². The normalized spacial score (nSPS) is 25.1. The van der Waals surface area contributed by atoms with Crippen LogP contribution in [0, 0.1) is 5.92 Å². The molecule has 7 nitrogen and oxygen atoms in total. The number of aromatic nitrogens is 1. The van der Waals surface area contributed by atoms with Crippen molar-refractivity contribution >= 4 is 11.8 Å². The molecule has 1 N–H and O–H groups in total. The van der Waals surface area contributed by atoms with Crippen LogP contribution in [-0.2, 0) is 11.3 Å². The average molecular weight is 374 g/mol. The monoisotopic (exact) mass is 374 g/mol. The van der Waals surface area contributed by atoms with Crippen molar-refractivity contribution in [3.8, 4) is 0 Å². The van der Waals surface area contributed by atoms with Crippen LogP contribution in [-0.4, -0.2) is 60.4 Å². The lowest BCUT2D eigenvalue weighted by atomic mass is 9.83. The molecule has 0 aromatic carbocycles. The molecular weight excluding hydrogens is 344 g/mol. The van der Waals surface area contributed by atoms with E-state index in [1.807, 2.05) is 30.2 Å². The van der Waals surface area contributed by atoms with Gasteiger partial charge in [0.05, 0.1) is 0 Å². The van der Waals surface area contributed by atoms with Crippen LogP contribution in [0.1, 0.15) is 38.8 Å². The molecule has 148 valence electrons. The molecule has 1 aromatic heterocycles. The van der Waals surface area contributed by atoms with Gasteiger partial charge in [-0.2, -0.15) is 0 Å². The molecule has 4 heterocycles. The van der Waals surface area contributed by atoms with Gasteiger partial charge in [-0.25, -0.2) is 4.79 Å². The summed E-state index contributed by atoms with van der Waals surface area (Å²) in [6.45, 7) is 11.4. The van der Waals surface area contributed by atoms with Gasteiger partial charge in [0.1, 0.15) is 5.60 Å². The molecular formula is C20H30N4O3. The quantitative estimate of drug-likeness (QED) is 0.809. The number of fused-ring (bicyclic) bond motifs is 4. The van der Waals surface area contributed by atoms with Crippen molar-refractivity contribution in [2.45, 2.75) is 45.3 Å². The summed E-state index contributed by atoms with van der Waals surface area (Å²) in [6, 6.07) is 3.95. The first-order valence-corrected chi connectivity index (χ1v) is 9.98. The Bertz CT molecular complexity index is 776. The van der Waals surface area contributed by atoms with E-state index in [0.29, 0.717) is 25.6 Å². The van der Waals surface area contributed by atoms with Crippen molar-refractivity contribution in [1.29, 1.82) is 0 Å². The fourth-order valence-electron chi connectivity index (χ4n) is 4.53. The number of amides is 1. The molecule has 1 aromatic rings. The second-order valence-corrected chi connectivity index (χ2v) is 9.01. The van der Waals surface area contributed by atoms with Gasteiger partial charge in [-0.3, -0.25) is 4.79 Å². The molecule has 0 aliphatic carbocycles. The summed E-state index contributed by atoms with van der Waals surface area (Å²) in [4.78, 5) is 29.4. The highest BCUT2D eigenvalue weighted by Gasteiger charge is 2.38. The number of hydrogen-bond donors (Lipinski definition) is 1. The summed E-state index contributed by atoms with van der Waals surface area (Å²) in [7, 11) is 0. The molecule has 0 spiro atoms. The maximum atomic E-state index is 12.8. The maximum Gasteiger partial charge on any atom is 0.410 e. The van der Waals surface area contributed by atoms with Gasteiger partial charge in [0.15, 0.2) is 0 Å². The Morgan fingerprint density at radius 2 is 1.89 bits per heavy atom. The highest BCUT2D eigenvalue weighted by molar-refractivity contribution is 5.68. The second kappa shape index (κ2) is 6.86. The summed E-state index contributed by atoms with van der Waals surface area (Å²) in [5.74, 6) is 0.507. The number of piperazine rings is 1. The minimum Gasteiger partial charge on any atom is -0.444 e. The van der Waals surface area contributed by atoms with E-state index in [1.165, 1.54) is 0 Å². The molecule has 0 radical (unpaired) electrons. The van der Waals surface area contributed by atoms with Crippen LogP contribution < -0.4 is 15.8 Å². The topological polar surface area (TPSA) is 66.8 Å². The van der Waals surface area contributed by atoms with Gasteiger partial charge in [0, 0.05) is 69.2 Å². The number of rotatable bonds is 1. The van der Waals surface area contributed by atoms with Gasteiger partial charge < -0.3 is 24.4 Å². The third-order valence-corrected chi connectivity index (χ3v) is 5.67. The summed E-state index contributed by atoms with van der Waals surface area (Å²) in [5.41, 5.74) is 1.68. The van der Waals surface area contributed by atoms with Crippen molar-refractivity contribution in [1.82, 2.24) is 14.8 Å². The molecule has 0 saturated carbocycles. The van der Waals surface area contributed by atoms with E-state index >= 15 is 0 Å². The molecule has 1 amide bonds. The number of piperidine rings is 1. The largest absolute Gasteiger partial charge is 0.444 e. The van der Waals surface area contributed by atoms with E-state index < -0.39 is 5.60 Å². The molecule has 2 atom stereocenters. The van der Waals surface area contributed by atoms with Gasteiger partial charge in [0.2, 0.25) is 0 Å². The number of carbonyl (C=O) groups excluding carboxylic acids is 1. The molecule has 3 aliphatic heterocycles. The number of nitrogens with zero attached hydrogens (tertiary/aromatic N) is 3. The van der Waals surface area contributed by atoms with Crippen LogP contribution in [0.15, 0.2) is 16.9 Å². The highest BCUT2D eigenvalue weighted by Crippen LogP contribution is 2.36. The van der Waals surface area contributed by atoms with Gasteiger partial charge in [-0.15, -0.1) is 0 Å². The Morgan fingerprint density at radius 1 is 1.15 bits per heavy atom. The molecule has 7 heteroatoms. The van der Waals surface area contributed by atoms with Crippen molar-refractivity contribution in [3.05, 3.63) is 28.2 Å². The Labute approximate surface area is 160 Å². The van der Waals surface area contributed by atoms with E-state index in [2.05, 4.69) is 16.3 Å². The lowest BCUT2D eigenvalue weighted by molar-refractivity contribution is 0.0102. The molecule has 2 saturated heterocycles. The van der Waals surface area contributed by atoms with Crippen LogP contribution in [0.4, 0.5) is 10.5 Å². The summed E-state index contributed by atoms with van der Waals surface area (Å²) < 4.78 is 7.50. The summed E-state index contributed by atoms with van der Waals surface area (Å²) in [5, 5.41) is 3.35. The Balaban J connectivity index is 1.59. The first-order chi connectivity index (χ1) is 12.8. The SMILES string of the molecule is CC(C)(C)OC(=O)N1CC2C[C@@H](C1)c1cc(N3CCNCC3)cc(=O)n1C2. The van der Waals surface area contributed by atoms with E-state index in [9.17, 15) is 9.59 Å². The minimum atomic E-state index is -0.492. The fourth-order valence-corrected chi connectivity index (χ4v) is 4.53. The standard InChI is InChI=1S/C20H30N4O3/c1-20(2,3)27-19(26)23-11-14-8-15(13-23)17-9-16(10-18(25)24(17)12-14)22-6-4-21-5-7-22/h9-10,14-15,21H,4-8,11-13H2,1-3H3/t14?,15-/m0/s1. The second-order valence-electron chi connectivity index (χ2n) is 9.01. The third-order valence-electron chi connectivity index (χ3n) is 5.67. The molecule has 1 unspecified atom stereocenters. The first kappa shape index (κ1) is 18.3. The van der Waals surface area contributed by atoms with Gasteiger partial charge in [0.25, 0.3) is 5.56 Å². The number of carbonyl (C=O) groups is 1. The first-order valence-electron chi connectivity index (χ1n) is 9.98. The van der Waals surface area contributed by atoms with E-state index in [0.717, 1.165) is 44.0 Å². The highest BCUT2D eigenvalue weighted by atomic mass is 16.6. The smallest absolute Gasteiger partial charge is 0.410 e. The predicted molar refractivity (Wildman–Crippen MR) is 104 cm³/mol. The lowest BCUT2D eigenvalue weighted by Crippen LogP contribution is -2.50. The number of hydrogen-bond acceptors (Lipinski definition) is 5. The van der Waals surface area contributed by atoms with Crippen molar-refractivity contribution in [3.63, 3.8) is 0 Å². The number of pyridine rings is 1. The van der Waals surface area contributed by atoms with E-state index in [4.69, 9.17) is 4.74 Å². The number of likely N-dealkylation sites (tertiary alicyclic amines) is 1. The lowest BCUT2D eigenvalue weighted by Gasteiger charge is -2.43. The molecule has 2 bridgehead atoms. The Morgan fingerprint density at radius 3 is 2.59 bits per heavy atom. The van der Waals surface area contributed by atoms with Gasteiger partial charge in [-0.1, -0.05) is 0 Å². The van der Waals surface area contributed by atoms with Gasteiger partial charge >= 0.3 is 6.09 Å². The molecule has 2 fully saturated rings. The molecule has 4 rings (SSSR count). The minimum absolute atomic E-state index is 0.0847. The van der Waals surface area contributed by atoms with Crippen molar-refractivity contribution in [2.75, 3.05) is 44.2 Å². The summed E-state index contributed by atoms with van der Waals surface area (Å²) >= 11 is 0. The maximum absolute atomic E-state index is 12.8.